The van der Waals surface area contributed by atoms with E-state index in [1.165, 1.54) is 18.5 Å². The SMILES string of the molecule is O=C(Cn1cnc2ccc(F)cc2c1=O)Nc1ccccc1. The summed E-state index contributed by atoms with van der Waals surface area (Å²) in [6, 6.07) is 12.7. The first-order valence-electron chi connectivity index (χ1n) is 6.63. The summed E-state index contributed by atoms with van der Waals surface area (Å²) >= 11 is 0. The topological polar surface area (TPSA) is 64.0 Å². The third-order valence-corrected chi connectivity index (χ3v) is 3.16. The Morgan fingerprint density at radius 2 is 1.95 bits per heavy atom. The highest BCUT2D eigenvalue weighted by atomic mass is 19.1. The van der Waals surface area contributed by atoms with Crippen molar-refractivity contribution < 1.29 is 9.18 Å². The summed E-state index contributed by atoms with van der Waals surface area (Å²) in [6.45, 7) is -0.187. The van der Waals surface area contributed by atoms with E-state index in [9.17, 15) is 14.0 Å². The third kappa shape index (κ3) is 2.85. The van der Waals surface area contributed by atoms with E-state index < -0.39 is 11.4 Å². The van der Waals surface area contributed by atoms with Crippen molar-refractivity contribution in [3.8, 4) is 0 Å². The van der Waals surface area contributed by atoms with Crippen LogP contribution in [0.2, 0.25) is 0 Å². The number of benzene rings is 2. The molecule has 6 heteroatoms. The first-order chi connectivity index (χ1) is 10.6. The number of nitrogens with zero attached hydrogens (tertiary/aromatic N) is 2. The Labute approximate surface area is 125 Å². The quantitative estimate of drug-likeness (QED) is 0.806. The van der Waals surface area contributed by atoms with E-state index in [4.69, 9.17) is 0 Å². The normalized spacial score (nSPS) is 10.6. The van der Waals surface area contributed by atoms with Crippen LogP contribution in [0.25, 0.3) is 10.9 Å². The van der Waals surface area contributed by atoms with E-state index in [1.807, 2.05) is 6.07 Å². The fourth-order valence-electron chi connectivity index (χ4n) is 2.12. The van der Waals surface area contributed by atoms with Crippen molar-refractivity contribution in [1.82, 2.24) is 9.55 Å². The number of para-hydroxylation sites is 1. The molecule has 0 spiro atoms. The van der Waals surface area contributed by atoms with Crippen molar-refractivity contribution in [3.05, 3.63) is 71.0 Å². The summed E-state index contributed by atoms with van der Waals surface area (Å²) in [5, 5.41) is 2.82. The van der Waals surface area contributed by atoms with E-state index in [1.54, 1.807) is 24.3 Å². The molecular formula is C16H12FN3O2. The number of halogens is 1. The van der Waals surface area contributed by atoms with Gasteiger partial charge in [-0.25, -0.2) is 9.37 Å². The largest absolute Gasteiger partial charge is 0.325 e. The Bertz CT molecular complexity index is 891. The average molecular weight is 297 g/mol. The molecule has 0 atom stereocenters. The van der Waals surface area contributed by atoms with Crippen molar-refractivity contribution in [1.29, 1.82) is 0 Å². The van der Waals surface area contributed by atoms with Gasteiger partial charge in [0.2, 0.25) is 5.91 Å². The Hall–Kier alpha value is -3.02. The van der Waals surface area contributed by atoms with Gasteiger partial charge in [0.1, 0.15) is 12.4 Å². The minimum absolute atomic E-state index is 0.148. The first-order valence-corrected chi connectivity index (χ1v) is 6.63. The number of rotatable bonds is 3. The number of hydrogen-bond donors (Lipinski definition) is 1. The van der Waals surface area contributed by atoms with Crippen LogP contribution >= 0.6 is 0 Å². The molecule has 1 amide bonds. The molecule has 0 fully saturated rings. The second-order valence-electron chi connectivity index (χ2n) is 4.75. The fraction of sp³-hybridized carbons (Fsp3) is 0.0625. The summed E-state index contributed by atoms with van der Waals surface area (Å²) in [5.41, 5.74) is 0.583. The minimum Gasteiger partial charge on any atom is -0.325 e. The molecule has 0 unspecified atom stereocenters. The highest BCUT2D eigenvalue weighted by Crippen LogP contribution is 2.09. The van der Waals surface area contributed by atoms with Crippen LogP contribution < -0.4 is 10.9 Å². The molecule has 22 heavy (non-hydrogen) atoms. The number of fused-ring (bicyclic) bond motifs is 1. The predicted molar refractivity (Wildman–Crippen MR) is 81.0 cm³/mol. The number of carbonyl (C=O) groups excluding carboxylic acids is 1. The predicted octanol–water partition coefficient (Wildman–Crippen LogP) is 2.17. The standard InChI is InChI=1S/C16H12FN3O2/c17-11-6-7-14-13(8-11)16(22)20(10-18-14)9-15(21)19-12-4-2-1-3-5-12/h1-8,10H,9H2,(H,19,21). The lowest BCUT2D eigenvalue weighted by molar-refractivity contribution is -0.116. The van der Waals surface area contributed by atoms with Crippen LogP contribution in [0.15, 0.2) is 59.7 Å². The zero-order valence-corrected chi connectivity index (χ0v) is 11.5. The van der Waals surface area contributed by atoms with E-state index in [0.717, 1.165) is 10.6 Å². The second kappa shape index (κ2) is 5.77. The molecular weight excluding hydrogens is 285 g/mol. The molecule has 3 rings (SSSR count). The molecule has 1 N–H and O–H groups in total. The average Bonchev–Trinajstić information content (AvgIpc) is 2.51. The number of carbonyl (C=O) groups is 1. The lowest BCUT2D eigenvalue weighted by Gasteiger charge is -2.08. The summed E-state index contributed by atoms with van der Waals surface area (Å²) in [7, 11) is 0. The van der Waals surface area contributed by atoms with E-state index >= 15 is 0 Å². The van der Waals surface area contributed by atoms with Gasteiger partial charge in [-0.2, -0.15) is 0 Å². The van der Waals surface area contributed by atoms with Crippen LogP contribution in [0.1, 0.15) is 0 Å². The lowest BCUT2D eigenvalue weighted by Crippen LogP contribution is -2.27. The van der Waals surface area contributed by atoms with Crippen molar-refractivity contribution in [3.63, 3.8) is 0 Å². The van der Waals surface area contributed by atoms with Crippen LogP contribution in [-0.4, -0.2) is 15.5 Å². The van der Waals surface area contributed by atoms with Gasteiger partial charge in [0.05, 0.1) is 17.2 Å². The minimum atomic E-state index is -0.516. The van der Waals surface area contributed by atoms with Crippen molar-refractivity contribution in [2.45, 2.75) is 6.54 Å². The van der Waals surface area contributed by atoms with Crippen molar-refractivity contribution in [2.24, 2.45) is 0 Å². The molecule has 1 heterocycles. The van der Waals surface area contributed by atoms with Crippen LogP contribution in [0.4, 0.5) is 10.1 Å². The molecule has 0 aliphatic heterocycles. The van der Waals surface area contributed by atoms with Gasteiger partial charge in [-0.05, 0) is 30.3 Å². The maximum Gasteiger partial charge on any atom is 0.261 e. The third-order valence-electron chi connectivity index (χ3n) is 3.16. The zero-order chi connectivity index (χ0) is 15.5. The van der Waals surface area contributed by atoms with Gasteiger partial charge < -0.3 is 5.32 Å². The van der Waals surface area contributed by atoms with E-state index in [2.05, 4.69) is 10.3 Å². The summed E-state index contributed by atoms with van der Waals surface area (Å²) in [4.78, 5) is 28.3. The highest BCUT2D eigenvalue weighted by Gasteiger charge is 2.09. The number of hydrogen-bond acceptors (Lipinski definition) is 3. The van der Waals surface area contributed by atoms with Gasteiger partial charge >= 0.3 is 0 Å². The summed E-state index contributed by atoms with van der Waals surface area (Å²) in [6.07, 6.45) is 1.28. The fourth-order valence-corrected chi connectivity index (χ4v) is 2.12. The number of nitrogens with one attached hydrogen (secondary N) is 1. The molecule has 0 saturated carbocycles. The van der Waals surface area contributed by atoms with Crippen LogP contribution in [0.5, 0.6) is 0 Å². The number of anilines is 1. The molecule has 0 radical (unpaired) electrons. The second-order valence-corrected chi connectivity index (χ2v) is 4.75. The zero-order valence-electron chi connectivity index (χ0n) is 11.5. The van der Waals surface area contributed by atoms with Crippen LogP contribution in [-0.2, 0) is 11.3 Å². The van der Waals surface area contributed by atoms with Gasteiger partial charge in [0.15, 0.2) is 0 Å². The highest BCUT2D eigenvalue weighted by molar-refractivity contribution is 5.90. The van der Waals surface area contributed by atoms with E-state index in [-0.39, 0.29) is 17.8 Å². The molecule has 110 valence electrons. The Morgan fingerprint density at radius 1 is 1.18 bits per heavy atom. The molecule has 0 aliphatic rings. The molecule has 2 aromatic carbocycles. The van der Waals surface area contributed by atoms with Gasteiger partial charge in [0.25, 0.3) is 5.56 Å². The summed E-state index contributed by atoms with van der Waals surface area (Å²) < 4.78 is 14.4. The van der Waals surface area contributed by atoms with Crippen molar-refractivity contribution >= 4 is 22.5 Å². The molecule has 3 aromatic rings. The van der Waals surface area contributed by atoms with Gasteiger partial charge in [0, 0.05) is 5.69 Å². The number of aromatic nitrogens is 2. The van der Waals surface area contributed by atoms with Crippen molar-refractivity contribution in [2.75, 3.05) is 5.32 Å². The molecule has 0 saturated heterocycles. The Morgan fingerprint density at radius 3 is 2.73 bits per heavy atom. The first kappa shape index (κ1) is 13.9. The maximum absolute atomic E-state index is 13.2. The Balaban J connectivity index is 1.86. The molecule has 1 aromatic heterocycles. The Kier molecular flexibility index (Phi) is 3.65. The smallest absolute Gasteiger partial charge is 0.261 e. The monoisotopic (exact) mass is 297 g/mol. The lowest BCUT2D eigenvalue weighted by atomic mass is 10.2. The van der Waals surface area contributed by atoms with Crippen LogP contribution in [0.3, 0.4) is 0 Å². The molecule has 5 nitrogen and oxygen atoms in total. The van der Waals surface area contributed by atoms with E-state index in [0.29, 0.717) is 11.2 Å². The maximum atomic E-state index is 13.2. The van der Waals surface area contributed by atoms with Gasteiger partial charge in [-0.15, -0.1) is 0 Å². The van der Waals surface area contributed by atoms with Gasteiger partial charge in [-0.3, -0.25) is 14.2 Å². The van der Waals surface area contributed by atoms with Gasteiger partial charge in [-0.1, -0.05) is 18.2 Å². The number of amides is 1. The molecule has 0 bridgehead atoms. The van der Waals surface area contributed by atoms with Crippen LogP contribution in [0, 0.1) is 5.82 Å². The molecule has 0 aliphatic carbocycles. The summed E-state index contributed by atoms with van der Waals surface area (Å²) in [5.74, 6) is -0.872.